The van der Waals surface area contributed by atoms with Crippen molar-refractivity contribution in [3.63, 3.8) is 0 Å². The van der Waals surface area contributed by atoms with E-state index in [-0.39, 0.29) is 0 Å². The second-order valence-electron chi connectivity index (χ2n) is 4.01. The molecule has 0 unspecified atom stereocenters. The molecule has 1 aromatic carbocycles. The molecule has 0 aliphatic heterocycles. The first-order chi connectivity index (χ1) is 8.25. The van der Waals surface area contributed by atoms with Crippen LogP contribution in [0.2, 0.25) is 0 Å². The molecular weight excluding hydrogens is 323 g/mol. The molecule has 0 amide bonds. The molecule has 0 aliphatic rings. The predicted octanol–water partition coefficient (Wildman–Crippen LogP) is 3.84. The maximum Gasteiger partial charge on any atom is 0.140 e. The molecule has 0 fully saturated rings. The van der Waals surface area contributed by atoms with Gasteiger partial charge in [-0.25, -0.2) is 4.98 Å². The zero-order chi connectivity index (χ0) is 11.8. The van der Waals surface area contributed by atoms with Crippen LogP contribution in [0.15, 0.2) is 48.7 Å². The molecule has 3 heteroatoms. The molecule has 2 nitrogen and oxygen atoms in total. The summed E-state index contributed by atoms with van der Waals surface area (Å²) in [5.41, 5.74) is 3.46. The number of hydrogen-bond acceptors (Lipinski definition) is 1. The van der Waals surface area contributed by atoms with Crippen LogP contribution in [0.3, 0.4) is 0 Å². The van der Waals surface area contributed by atoms with E-state index < -0.39 is 0 Å². The van der Waals surface area contributed by atoms with Crippen molar-refractivity contribution < 1.29 is 0 Å². The van der Waals surface area contributed by atoms with E-state index in [1.165, 1.54) is 20.2 Å². The van der Waals surface area contributed by atoms with E-state index in [0.29, 0.717) is 0 Å². The van der Waals surface area contributed by atoms with E-state index >= 15 is 0 Å². The zero-order valence-electron chi connectivity index (χ0n) is 9.39. The third-order valence-corrected chi connectivity index (χ3v) is 3.65. The van der Waals surface area contributed by atoms with Crippen molar-refractivity contribution in [1.82, 2.24) is 9.55 Å². The van der Waals surface area contributed by atoms with Crippen LogP contribution in [0.4, 0.5) is 0 Å². The second kappa shape index (κ2) is 4.14. The van der Waals surface area contributed by atoms with E-state index in [2.05, 4.69) is 75.6 Å². The highest BCUT2D eigenvalue weighted by Gasteiger charge is 2.07. The Morgan fingerprint density at radius 1 is 1.12 bits per heavy atom. The van der Waals surface area contributed by atoms with Crippen LogP contribution < -0.4 is 0 Å². The number of halogens is 1. The average molecular weight is 334 g/mol. The first-order valence-electron chi connectivity index (χ1n) is 5.42. The number of nitrogens with zero attached hydrogens (tertiary/aromatic N) is 2. The Kier molecular flexibility index (Phi) is 2.63. The third-order valence-electron chi connectivity index (χ3n) is 2.93. The fraction of sp³-hybridized carbons (Fsp3) is 0.0714. The minimum Gasteiger partial charge on any atom is -0.328 e. The fourth-order valence-corrected chi connectivity index (χ4v) is 2.42. The molecule has 2 aromatic heterocycles. The molecule has 2 heterocycles. The Bertz CT molecular complexity index is 668. The highest BCUT2D eigenvalue weighted by molar-refractivity contribution is 14.1. The van der Waals surface area contributed by atoms with Crippen molar-refractivity contribution in [2.24, 2.45) is 7.05 Å². The summed E-state index contributed by atoms with van der Waals surface area (Å²) in [6.45, 7) is 0. The van der Waals surface area contributed by atoms with Gasteiger partial charge in [-0.2, -0.15) is 0 Å². The largest absolute Gasteiger partial charge is 0.328 e. The van der Waals surface area contributed by atoms with Gasteiger partial charge in [-0.15, -0.1) is 0 Å². The minimum atomic E-state index is 1.03. The topological polar surface area (TPSA) is 17.8 Å². The van der Waals surface area contributed by atoms with Gasteiger partial charge in [-0.1, -0.05) is 12.1 Å². The van der Waals surface area contributed by atoms with Gasteiger partial charge >= 0.3 is 0 Å². The van der Waals surface area contributed by atoms with Crippen LogP contribution in [0, 0.1) is 3.57 Å². The van der Waals surface area contributed by atoms with Crippen molar-refractivity contribution in [2.45, 2.75) is 0 Å². The normalized spacial score (nSPS) is 10.9. The molecule has 0 atom stereocenters. The molecule has 0 bridgehead atoms. The molecule has 0 N–H and O–H groups in total. The highest BCUT2D eigenvalue weighted by Crippen LogP contribution is 2.26. The predicted molar refractivity (Wildman–Crippen MR) is 78.9 cm³/mol. The molecule has 84 valence electrons. The van der Waals surface area contributed by atoms with Crippen LogP contribution in [-0.2, 0) is 7.05 Å². The number of pyridine rings is 1. The van der Waals surface area contributed by atoms with Gasteiger partial charge in [0, 0.05) is 22.2 Å². The molecule has 0 aliphatic carbocycles. The summed E-state index contributed by atoms with van der Waals surface area (Å²) < 4.78 is 3.39. The van der Waals surface area contributed by atoms with Crippen molar-refractivity contribution in [3.8, 4) is 11.3 Å². The van der Waals surface area contributed by atoms with Crippen LogP contribution >= 0.6 is 22.6 Å². The number of fused-ring (bicyclic) bond motifs is 1. The monoisotopic (exact) mass is 334 g/mol. The fourth-order valence-electron chi connectivity index (χ4n) is 2.06. The lowest BCUT2D eigenvalue weighted by molar-refractivity contribution is 0.957. The Hall–Kier alpha value is -1.36. The maximum absolute atomic E-state index is 4.41. The van der Waals surface area contributed by atoms with Gasteiger partial charge in [0.25, 0.3) is 0 Å². The first kappa shape index (κ1) is 10.8. The number of benzene rings is 1. The van der Waals surface area contributed by atoms with Gasteiger partial charge in [0.1, 0.15) is 5.65 Å². The minimum absolute atomic E-state index is 1.03. The smallest absolute Gasteiger partial charge is 0.140 e. The molecule has 17 heavy (non-hydrogen) atoms. The van der Waals surface area contributed by atoms with E-state index in [9.17, 15) is 0 Å². The third kappa shape index (κ3) is 1.84. The standard InChI is InChI=1S/C14H11IN2/c1-17-13(10-4-6-12(15)7-5-10)9-11-3-2-8-16-14(11)17/h2-9H,1H3. The van der Waals surface area contributed by atoms with E-state index in [1.54, 1.807) is 0 Å². The second-order valence-corrected chi connectivity index (χ2v) is 5.26. The van der Waals surface area contributed by atoms with Crippen molar-refractivity contribution in [1.29, 1.82) is 0 Å². The lowest BCUT2D eigenvalue weighted by Gasteiger charge is -2.03. The highest BCUT2D eigenvalue weighted by atomic mass is 127. The van der Waals surface area contributed by atoms with Crippen molar-refractivity contribution in [2.75, 3.05) is 0 Å². The molecule has 0 radical (unpaired) electrons. The summed E-state index contributed by atoms with van der Waals surface area (Å²) in [6.07, 6.45) is 1.83. The lowest BCUT2D eigenvalue weighted by Crippen LogP contribution is -1.92. The summed E-state index contributed by atoms with van der Waals surface area (Å²) in [5.74, 6) is 0. The molecule has 3 rings (SSSR count). The van der Waals surface area contributed by atoms with Gasteiger partial charge < -0.3 is 4.57 Å². The summed E-state index contributed by atoms with van der Waals surface area (Å²) in [6, 6.07) is 14.8. The first-order valence-corrected chi connectivity index (χ1v) is 6.50. The van der Waals surface area contributed by atoms with Crippen LogP contribution in [0.5, 0.6) is 0 Å². The van der Waals surface area contributed by atoms with Crippen LogP contribution in [0.1, 0.15) is 0 Å². The van der Waals surface area contributed by atoms with Crippen molar-refractivity contribution >= 4 is 33.6 Å². The maximum atomic E-state index is 4.41. The SMILES string of the molecule is Cn1c(-c2ccc(I)cc2)cc2cccnc21. The Morgan fingerprint density at radius 3 is 2.59 bits per heavy atom. The number of hydrogen-bond donors (Lipinski definition) is 0. The summed E-state index contributed by atoms with van der Waals surface area (Å²) in [5, 5.41) is 1.18. The van der Waals surface area contributed by atoms with E-state index in [1.807, 2.05) is 12.3 Å². The van der Waals surface area contributed by atoms with Gasteiger partial charge in [-0.3, -0.25) is 0 Å². The average Bonchev–Trinajstić information content (AvgIpc) is 2.69. The van der Waals surface area contributed by atoms with E-state index in [4.69, 9.17) is 0 Å². The van der Waals surface area contributed by atoms with Crippen LogP contribution in [-0.4, -0.2) is 9.55 Å². The number of aromatic nitrogens is 2. The van der Waals surface area contributed by atoms with Gasteiger partial charge in [0.15, 0.2) is 0 Å². The Labute approximate surface area is 113 Å². The molecule has 0 saturated heterocycles. The molecule has 3 aromatic rings. The number of aryl methyl sites for hydroxylation is 1. The summed E-state index contributed by atoms with van der Waals surface area (Å²) >= 11 is 2.32. The van der Waals surface area contributed by atoms with Gasteiger partial charge in [-0.05, 0) is 58.5 Å². The Balaban J connectivity index is 2.24. The van der Waals surface area contributed by atoms with Gasteiger partial charge in [0.05, 0.1) is 5.69 Å². The molecule has 0 spiro atoms. The Morgan fingerprint density at radius 2 is 1.88 bits per heavy atom. The quantitative estimate of drug-likeness (QED) is 0.618. The lowest BCUT2D eigenvalue weighted by atomic mass is 10.1. The van der Waals surface area contributed by atoms with Gasteiger partial charge in [0.2, 0.25) is 0 Å². The zero-order valence-corrected chi connectivity index (χ0v) is 11.5. The molecule has 0 saturated carbocycles. The summed E-state index contributed by atoms with van der Waals surface area (Å²) in [4.78, 5) is 4.41. The molecular formula is C14H11IN2. The van der Waals surface area contributed by atoms with E-state index in [0.717, 1.165) is 5.65 Å². The van der Waals surface area contributed by atoms with Crippen LogP contribution in [0.25, 0.3) is 22.3 Å². The summed E-state index contributed by atoms with van der Waals surface area (Å²) in [7, 11) is 2.06. The number of rotatable bonds is 1. The van der Waals surface area contributed by atoms with Crippen molar-refractivity contribution in [3.05, 3.63) is 52.2 Å².